The molecule has 2 nitrogen and oxygen atoms in total. The van der Waals surface area contributed by atoms with E-state index in [1.807, 2.05) is 48.3 Å². The van der Waals surface area contributed by atoms with Crippen LogP contribution >= 0.6 is 0 Å². The highest BCUT2D eigenvalue weighted by atomic mass is 16.1. The number of rotatable bonds is 5. The topological polar surface area (TPSA) is 20.3 Å². The molecule has 2 aromatic rings. The third-order valence-corrected chi connectivity index (χ3v) is 3.72. The molecule has 2 aromatic carbocycles. The van der Waals surface area contributed by atoms with Gasteiger partial charge in [0.1, 0.15) is 0 Å². The molecule has 0 saturated heterocycles. The second-order valence-corrected chi connectivity index (χ2v) is 5.89. The number of carbonyl (C=O) groups excluding carboxylic acids is 1. The zero-order chi connectivity index (χ0) is 15.4. The van der Waals surface area contributed by atoms with Crippen LogP contribution in [0.25, 0.3) is 0 Å². The molecule has 0 aromatic heterocycles. The van der Waals surface area contributed by atoms with Gasteiger partial charge in [0.15, 0.2) is 5.78 Å². The largest absolute Gasteiger partial charge is 0.367 e. The minimum atomic E-state index is 0.148. The van der Waals surface area contributed by atoms with Gasteiger partial charge in [-0.3, -0.25) is 4.79 Å². The smallest absolute Gasteiger partial charge is 0.182 e. The maximum atomic E-state index is 12.4. The number of ketones is 1. The van der Waals surface area contributed by atoms with Crippen molar-refractivity contribution < 1.29 is 4.79 Å². The first-order chi connectivity index (χ1) is 9.97. The van der Waals surface area contributed by atoms with E-state index in [9.17, 15) is 4.79 Å². The fourth-order valence-corrected chi connectivity index (χ4v) is 2.32. The van der Waals surface area contributed by atoms with Crippen molar-refractivity contribution in [3.05, 3.63) is 65.2 Å². The first kappa shape index (κ1) is 15.3. The third-order valence-electron chi connectivity index (χ3n) is 3.72. The number of anilines is 1. The Bertz CT molecular complexity index is 614. The van der Waals surface area contributed by atoms with E-state index >= 15 is 0 Å². The summed E-state index contributed by atoms with van der Waals surface area (Å²) in [4.78, 5) is 14.3. The van der Waals surface area contributed by atoms with Gasteiger partial charge in [-0.25, -0.2) is 0 Å². The van der Waals surface area contributed by atoms with Gasteiger partial charge in [-0.05, 0) is 36.1 Å². The first-order valence-electron chi connectivity index (χ1n) is 7.38. The lowest BCUT2D eigenvalue weighted by Gasteiger charge is -2.19. The van der Waals surface area contributed by atoms with E-state index in [-0.39, 0.29) is 5.78 Å². The lowest BCUT2D eigenvalue weighted by atomic mass is 10.0. The zero-order valence-corrected chi connectivity index (χ0v) is 13.3. The summed E-state index contributed by atoms with van der Waals surface area (Å²) in [5.74, 6) is 0.637. The van der Waals surface area contributed by atoms with Crippen molar-refractivity contribution in [1.82, 2.24) is 0 Å². The van der Waals surface area contributed by atoms with E-state index < -0.39 is 0 Å². The van der Waals surface area contributed by atoms with Gasteiger partial charge in [-0.1, -0.05) is 50.2 Å². The molecule has 0 N–H and O–H groups in total. The van der Waals surface area contributed by atoms with E-state index in [1.54, 1.807) is 0 Å². The van der Waals surface area contributed by atoms with Crippen molar-refractivity contribution in [2.45, 2.75) is 26.7 Å². The minimum absolute atomic E-state index is 0.148. The Morgan fingerprint density at radius 1 is 1.10 bits per heavy atom. The van der Waals surface area contributed by atoms with Gasteiger partial charge >= 0.3 is 0 Å². The SMILES string of the molecule is Cc1cccc(N(C)CC(=O)c2ccc(C(C)C)cc2)c1. The number of benzene rings is 2. The Morgan fingerprint density at radius 3 is 2.33 bits per heavy atom. The van der Waals surface area contributed by atoms with E-state index in [1.165, 1.54) is 11.1 Å². The molecule has 0 amide bonds. The number of likely N-dealkylation sites (N-methyl/N-ethyl adjacent to an activating group) is 1. The molecular weight excluding hydrogens is 258 g/mol. The maximum Gasteiger partial charge on any atom is 0.182 e. The summed E-state index contributed by atoms with van der Waals surface area (Å²) in [5.41, 5.74) is 4.31. The summed E-state index contributed by atoms with van der Waals surface area (Å²) < 4.78 is 0. The van der Waals surface area contributed by atoms with Crippen LogP contribution in [0.1, 0.15) is 41.3 Å². The van der Waals surface area contributed by atoms with Crippen molar-refractivity contribution in [1.29, 1.82) is 0 Å². The van der Waals surface area contributed by atoms with Gasteiger partial charge in [0.2, 0.25) is 0 Å². The van der Waals surface area contributed by atoms with Gasteiger partial charge in [-0.2, -0.15) is 0 Å². The third kappa shape index (κ3) is 3.94. The molecule has 0 spiro atoms. The fourth-order valence-electron chi connectivity index (χ4n) is 2.32. The monoisotopic (exact) mass is 281 g/mol. The Balaban J connectivity index is 2.07. The molecule has 0 unspecified atom stereocenters. The highest BCUT2D eigenvalue weighted by molar-refractivity contribution is 5.99. The van der Waals surface area contributed by atoms with Crippen molar-refractivity contribution in [3.63, 3.8) is 0 Å². The van der Waals surface area contributed by atoms with E-state index in [0.717, 1.165) is 11.3 Å². The highest BCUT2D eigenvalue weighted by Gasteiger charge is 2.10. The Labute approximate surface area is 127 Å². The lowest BCUT2D eigenvalue weighted by molar-refractivity contribution is 0.100. The summed E-state index contributed by atoms with van der Waals surface area (Å²) >= 11 is 0. The second kappa shape index (κ2) is 6.57. The molecule has 0 saturated carbocycles. The molecule has 0 bridgehead atoms. The molecule has 0 fully saturated rings. The molecule has 0 aliphatic heterocycles. The Morgan fingerprint density at radius 2 is 1.76 bits per heavy atom. The summed E-state index contributed by atoms with van der Waals surface area (Å²) in [5, 5.41) is 0. The van der Waals surface area contributed by atoms with Crippen LogP contribution in [0.15, 0.2) is 48.5 Å². The number of carbonyl (C=O) groups is 1. The van der Waals surface area contributed by atoms with Gasteiger partial charge < -0.3 is 4.90 Å². The standard InChI is InChI=1S/C19H23NO/c1-14(2)16-8-10-17(11-9-16)19(21)13-20(4)18-7-5-6-15(3)12-18/h5-12,14H,13H2,1-4H3. The predicted molar refractivity (Wildman–Crippen MR) is 89.3 cm³/mol. The van der Waals surface area contributed by atoms with Gasteiger partial charge in [0.05, 0.1) is 6.54 Å². The molecule has 0 aliphatic carbocycles. The minimum Gasteiger partial charge on any atom is -0.367 e. The molecule has 0 radical (unpaired) electrons. The predicted octanol–water partition coefficient (Wildman–Crippen LogP) is 4.44. The summed E-state index contributed by atoms with van der Waals surface area (Å²) in [6, 6.07) is 16.2. The molecule has 21 heavy (non-hydrogen) atoms. The van der Waals surface area contributed by atoms with Crippen LogP contribution in [0.2, 0.25) is 0 Å². The number of aryl methyl sites for hydroxylation is 1. The first-order valence-corrected chi connectivity index (χ1v) is 7.38. The van der Waals surface area contributed by atoms with Crippen LogP contribution in [-0.2, 0) is 0 Å². The van der Waals surface area contributed by atoms with E-state index in [4.69, 9.17) is 0 Å². The number of hydrogen-bond donors (Lipinski definition) is 0. The average Bonchev–Trinajstić information content (AvgIpc) is 2.47. The van der Waals surface area contributed by atoms with Gasteiger partial charge in [-0.15, -0.1) is 0 Å². The van der Waals surface area contributed by atoms with Gasteiger partial charge in [0.25, 0.3) is 0 Å². The molecule has 0 atom stereocenters. The number of Topliss-reactive ketones (excluding diaryl/α,β-unsaturated/α-hetero) is 1. The highest BCUT2D eigenvalue weighted by Crippen LogP contribution is 2.17. The van der Waals surface area contributed by atoms with Crippen molar-refractivity contribution in [2.75, 3.05) is 18.5 Å². The normalized spacial score (nSPS) is 10.7. The van der Waals surface area contributed by atoms with Crippen LogP contribution in [0.5, 0.6) is 0 Å². The quantitative estimate of drug-likeness (QED) is 0.755. The molecule has 2 rings (SSSR count). The summed E-state index contributed by atoms with van der Waals surface area (Å²) in [7, 11) is 1.95. The number of hydrogen-bond acceptors (Lipinski definition) is 2. The van der Waals surface area contributed by atoms with E-state index in [2.05, 4.69) is 32.9 Å². The molecule has 2 heteroatoms. The maximum absolute atomic E-state index is 12.4. The van der Waals surface area contributed by atoms with E-state index in [0.29, 0.717) is 12.5 Å². The van der Waals surface area contributed by atoms with Crippen molar-refractivity contribution in [2.24, 2.45) is 0 Å². The zero-order valence-electron chi connectivity index (χ0n) is 13.3. The number of nitrogens with zero attached hydrogens (tertiary/aromatic N) is 1. The lowest BCUT2D eigenvalue weighted by Crippen LogP contribution is -2.25. The molecular formula is C19H23NO. The second-order valence-electron chi connectivity index (χ2n) is 5.89. The summed E-state index contributed by atoms with van der Waals surface area (Å²) in [6.45, 7) is 6.76. The summed E-state index contributed by atoms with van der Waals surface area (Å²) in [6.07, 6.45) is 0. The Hall–Kier alpha value is -2.09. The van der Waals surface area contributed by atoms with Crippen molar-refractivity contribution >= 4 is 11.5 Å². The molecule has 110 valence electrons. The van der Waals surface area contributed by atoms with Crippen molar-refractivity contribution in [3.8, 4) is 0 Å². The average molecular weight is 281 g/mol. The Kier molecular flexibility index (Phi) is 4.79. The fraction of sp³-hybridized carbons (Fsp3) is 0.316. The van der Waals surface area contributed by atoms with Crippen LogP contribution in [-0.4, -0.2) is 19.4 Å². The molecule has 0 aliphatic rings. The van der Waals surface area contributed by atoms with Crippen LogP contribution in [0.4, 0.5) is 5.69 Å². The van der Waals surface area contributed by atoms with Gasteiger partial charge in [0, 0.05) is 18.3 Å². The molecule has 0 heterocycles. The van der Waals surface area contributed by atoms with Crippen LogP contribution in [0, 0.1) is 6.92 Å². The van der Waals surface area contributed by atoms with Crippen LogP contribution in [0.3, 0.4) is 0 Å². The van der Waals surface area contributed by atoms with Crippen LogP contribution < -0.4 is 4.90 Å².